The molecule has 0 heterocycles. The van der Waals surface area contributed by atoms with Crippen LogP contribution in [0.15, 0.2) is 12.2 Å². The van der Waals surface area contributed by atoms with Crippen molar-refractivity contribution in [1.29, 1.82) is 0 Å². The number of nitrogens with two attached hydrogens (primary N) is 1. The monoisotopic (exact) mass is 185 g/mol. The highest BCUT2D eigenvalue weighted by Crippen LogP contribution is 2.14. The fourth-order valence-electron chi connectivity index (χ4n) is 0.975. The van der Waals surface area contributed by atoms with Crippen molar-refractivity contribution < 1.29 is 9.53 Å². The van der Waals surface area contributed by atoms with Crippen molar-refractivity contribution in [1.82, 2.24) is 0 Å². The highest BCUT2D eigenvalue weighted by atomic mass is 16.5. The van der Waals surface area contributed by atoms with Gasteiger partial charge in [0.05, 0.1) is 6.61 Å². The van der Waals surface area contributed by atoms with E-state index in [1.807, 2.05) is 26.0 Å². The molecule has 0 aliphatic carbocycles. The second kappa shape index (κ2) is 5.75. The van der Waals surface area contributed by atoms with Gasteiger partial charge in [0.2, 0.25) is 0 Å². The second-order valence-corrected chi connectivity index (χ2v) is 3.00. The van der Waals surface area contributed by atoms with Crippen LogP contribution in [0.5, 0.6) is 0 Å². The molecular formula is C10H19NO2. The van der Waals surface area contributed by atoms with Gasteiger partial charge in [-0.1, -0.05) is 19.1 Å². The zero-order chi connectivity index (χ0) is 10.3. The lowest BCUT2D eigenvalue weighted by molar-refractivity contribution is -0.149. The fourth-order valence-corrected chi connectivity index (χ4v) is 0.975. The van der Waals surface area contributed by atoms with Crippen LogP contribution in [0.1, 0.15) is 33.6 Å². The van der Waals surface area contributed by atoms with Crippen LogP contribution in [0.2, 0.25) is 0 Å². The molecule has 13 heavy (non-hydrogen) atoms. The van der Waals surface area contributed by atoms with Crippen molar-refractivity contribution in [2.45, 2.75) is 39.2 Å². The third kappa shape index (κ3) is 3.59. The summed E-state index contributed by atoms with van der Waals surface area (Å²) < 4.78 is 4.90. The molecule has 1 atom stereocenters. The molecule has 0 saturated carbocycles. The average Bonchev–Trinajstić information content (AvgIpc) is 2.14. The van der Waals surface area contributed by atoms with Gasteiger partial charge < -0.3 is 10.5 Å². The molecule has 0 aromatic rings. The third-order valence-electron chi connectivity index (χ3n) is 2.03. The SMILES string of the molecule is C/C=C/CC(N)(CC)C(=O)OCC. The van der Waals surface area contributed by atoms with Gasteiger partial charge in [0, 0.05) is 0 Å². The van der Waals surface area contributed by atoms with Crippen molar-refractivity contribution in [3.05, 3.63) is 12.2 Å². The van der Waals surface area contributed by atoms with Crippen LogP contribution in [-0.2, 0) is 9.53 Å². The summed E-state index contributed by atoms with van der Waals surface area (Å²) in [4.78, 5) is 11.4. The quantitative estimate of drug-likeness (QED) is 0.523. The molecule has 3 heteroatoms. The topological polar surface area (TPSA) is 52.3 Å². The number of ether oxygens (including phenoxy) is 1. The maximum Gasteiger partial charge on any atom is 0.326 e. The van der Waals surface area contributed by atoms with E-state index < -0.39 is 5.54 Å². The van der Waals surface area contributed by atoms with Crippen LogP contribution in [-0.4, -0.2) is 18.1 Å². The first-order valence-corrected chi connectivity index (χ1v) is 4.68. The second-order valence-electron chi connectivity index (χ2n) is 3.00. The number of esters is 1. The first-order valence-electron chi connectivity index (χ1n) is 4.68. The Balaban J connectivity index is 4.33. The minimum Gasteiger partial charge on any atom is -0.465 e. The lowest BCUT2D eigenvalue weighted by Gasteiger charge is -2.23. The minimum absolute atomic E-state index is 0.310. The summed E-state index contributed by atoms with van der Waals surface area (Å²) in [6.07, 6.45) is 4.91. The molecule has 0 bridgehead atoms. The number of carbonyl (C=O) groups is 1. The number of hydrogen-bond acceptors (Lipinski definition) is 3. The molecule has 0 aromatic carbocycles. The van der Waals surface area contributed by atoms with E-state index >= 15 is 0 Å². The molecule has 0 spiro atoms. The Kier molecular flexibility index (Phi) is 5.39. The maximum atomic E-state index is 11.4. The van der Waals surface area contributed by atoms with Gasteiger partial charge in [0.1, 0.15) is 5.54 Å². The van der Waals surface area contributed by atoms with Crippen molar-refractivity contribution in [3.8, 4) is 0 Å². The van der Waals surface area contributed by atoms with E-state index in [1.54, 1.807) is 6.92 Å². The van der Waals surface area contributed by atoms with Crippen molar-refractivity contribution in [2.24, 2.45) is 5.73 Å². The Labute approximate surface area is 79.9 Å². The van der Waals surface area contributed by atoms with E-state index in [2.05, 4.69) is 0 Å². The van der Waals surface area contributed by atoms with E-state index in [4.69, 9.17) is 10.5 Å². The van der Waals surface area contributed by atoms with Gasteiger partial charge in [-0.15, -0.1) is 0 Å². The summed E-state index contributed by atoms with van der Waals surface area (Å²) in [5.74, 6) is -0.310. The van der Waals surface area contributed by atoms with E-state index in [-0.39, 0.29) is 5.97 Å². The summed E-state index contributed by atoms with van der Waals surface area (Å²) in [7, 11) is 0. The Morgan fingerprint density at radius 1 is 1.54 bits per heavy atom. The summed E-state index contributed by atoms with van der Waals surface area (Å²) >= 11 is 0. The lowest BCUT2D eigenvalue weighted by atomic mass is 9.93. The molecule has 0 rings (SSSR count). The Morgan fingerprint density at radius 3 is 2.54 bits per heavy atom. The van der Waals surface area contributed by atoms with Crippen LogP contribution in [0.4, 0.5) is 0 Å². The standard InChI is InChI=1S/C10H19NO2/c1-4-7-8-10(11,5-2)9(12)13-6-3/h4,7H,5-6,8,11H2,1-3H3/b7-4+. The number of allylic oxidation sites excluding steroid dienone is 1. The predicted octanol–water partition coefficient (Wildman–Crippen LogP) is 1.62. The van der Waals surface area contributed by atoms with Gasteiger partial charge in [0.15, 0.2) is 0 Å². The van der Waals surface area contributed by atoms with E-state index in [0.717, 1.165) is 0 Å². The van der Waals surface area contributed by atoms with Crippen molar-refractivity contribution >= 4 is 5.97 Å². The molecule has 2 N–H and O–H groups in total. The number of hydrogen-bond donors (Lipinski definition) is 1. The van der Waals surface area contributed by atoms with Crippen LogP contribution in [0.25, 0.3) is 0 Å². The zero-order valence-corrected chi connectivity index (χ0v) is 8.67. The molecule has 3 nitrogen and oxygen atoms in total. The summed E-state index contributed by atoms with van der Waals surface area (Å²) in [6.45, 7) is 5.96. The third-order valence-corrected chi connectivity index (χ3v) is 2.03. The first kappa shape index (κ1) is 12.2. The lowest BCUT2D eigenvalue weighted by Crippen LogP contribution is -2.48. The zero-order valence-electron chi connectivity index (χ0n) is 8.67. The molecule has 1 unspecified atom stereocenters. The molecule has 0 fully saturated rings. The van der Waals surface area contributed by atoms with Gasteiger partial charge in [0.25, 0.3) is 0 Å². The van der Waals surface area contributed by atoms with E-state index in [1.165, 1.54) is 0 Å². The molecule has 0 amide bonds. The predicted molar refractivity (Wildman–Crippen MR) is 53.3 cm³/mol. The van der Waals surface area contributed by atoms with Gasteiger partial charge in [-0.3, -0.25) is 4.79 Å². The van der Waals surface area contributed by atoms with E-state index in [9.17, 15) is 4.79 Å². The molecule has 0 aliphatic heterocycles. The fraction of sp³-hybridized carbons (Fsp3) is 0.700. The largest absolute Gasteiger partial charge is 0.465 e. The Bertz CT molecular complexity index is 189. The maximum absolute atomic E-state index is 11.4. The van der Waals surface area contributed by atoms with Crippen LogP contribution in [0.3, 0.4) is 0 Å². The number of rotatable bonds is 5. The molecule has 0 radical (unpaired) electrons. The molecule has 76 valence electrons. The minimum atomic E-state index is -0.845. The number of carbonyl (C=O) groups excluding carboxylic acids is 1. The highest BCUT2D eigenvalue weighted by Gasteiger charge is 2.31. The highest BCUT2D eigenvalue weighted by molar-refractivity contribution is 5.80. The summed E-state index contributed by atoms with van der Waals surface area (Å²) in [6, 6.07) is 0. The Morgan fingerprint density at radius 2 is 2.15 bits per heavy atom. The van der Waals surface area contributed by atoms with Crippen LogP contribution < -0.4 is 5.73 Å². The molecule has 0 aromatic heterocycles. The first-order chi connectivity index (χ1) is 6.10. The van der Waals surface area contributed by atoms with Gasteiger partial charge >= 0.3 is 5.97 Å². The smallest absolute Gasteiger partial charge is 0.326 e. The van der Waals surface area contributed by atoms with E-state index in [0.29, 0.717) is 19.4 Å². The normalized spacial score (nSPS) is 15.7. The average molecular weight is 185 g/mol. The molecular weight excluding hydrogens is 166 g/mol. The van der Waals surface area contributed by atoms with Gasteiger partial charge in [-0.2, -0.15) is 0 Å². The Hall–Kier alpha value is -0.830. The van der Waals surface area contributed by atoms with Crippen LogP contribution in [0, 0.1) is 0 Å². The van der Waals surface area contributed by atoms with Crippen LogP contribution >= 0.6 is 0 Å². The molecule has 0 aliphatic rings. The summed E-state index contributed by atoms with van der Waals surface area (Å²) in [5.41, 5.74) is 5.04. The molecule has 0 saturated heterocycles. The van der Waals surface area contributed by atoms with Gasteiger partial charge in [-0.05, 0) is 26.7 Å². The van der Waals surface area contributed by atoms with Crippen molar-refractivity contribution in [2.75, 3.05) is 6.61 Å². The van der Waals surface area contributed by atoms with Crippen molar-refractivity contribution in [3.63, 3.8) is 0 Å². The summed E-state index contributed by atoms with van der Waals surface area (Å²) in [5, 5.41) is 0. The van der Waals surface area contributed by atoms with Gasteiger partial charge in [-0.25, -0.2) is 0 Å².